The van der Waals surface area contributed by atoms with Crippen molar-refractivity contribution in [2.75, 3.05) is 16.8 Å². The second-order valence-electron chi connectivity index (χ2n) is 8.72. The van der Waals surface area contributed by atoms with Crippen LogP contribution in [-0.4, -0.2) is 33.2 Å². The van der Waals surface area contributed by atoms with E-state index in [0.29, 0.717) is 21.9 Å². The molecule has 0 spiro atoms. The first-order chi connectivity index (χ1) is 15.8. The minimum Gasteiger partial charge on any atom is -0.323 e. The number of amides is 2. The Morgan fingerprint density at radius 2 is 1.94 bits per heavy atom. The van der Waals surface area contributed by atoms with Crippen LogP contribution in [0.25, 0.3) is 10.2 Å². The van der Waals surface area contributed by atoms with Gasteiger partial charge < -0.3 is 5.32 Å². The number of hydrogen-bond donors (Lipinski definition) is 1. The molecule has 1 aromatic carbocycles. The van der Waals surface area contributed by atoms with Gasteiger partial charge in [0.2, 0.25) is 11.8 Å². The third-order valence-corrected chi connectivity index (χ3v) is 8.71. The summed E-state index contributed by atoms with van der Waals surface area (Å²) in [6.07, 6.45) is 4.08. The number of anilines is 2. The van der Waals surface area contributed by atoms with Crippen molar-refractivity contribution in [2.24, 2.45) is 0 Å². The lowest BCUT2D eigenvalue weighted by atomic mass is 10.2. The number of thioether (sulfide) groups is 1. The Bertz CT molecular complexity index is 1320. The predicted octanol–water partition coefficient (Wildman–Crippen LogP) is 4.66. The summed E-state index contributed by atoms with van der Waals surface area (Å²) >= 11 is 2.84. The highest BCUT2D eigenvalue weighted by atomic mass is 32.2. The molecule has 1 fully saturated rings. The van der Waals surface area contributed by atoms with Gasteiger partial charge in [0, 0.05) is 10.9 Å². The van der Waals surface area contributed by atoms with Gasteiger partial charge in [-0.15, -0.1) is 11.3 Å². The summed E-state index contributed by atoms with van der Waals surface area (Å²) in [7, 11) is 0. The van der Waals surface area contributed by atoms with Crippen molar-refractivity contribution in [3.63, 3.8) is 0 Å². The van der Waals surface area contributed by atoms with E-state index >= 15 is 0 Å². The number of aryl methyl sites for hydroxylation is 2. The summed E-state index contributed by atoms with van der Waals surface area (Å²) < 4.78 is 1.83. The van der Waals surface area contributed by atoms with Crippen LogP contribution in [0.2, 0.25) is 0 Å². The van der Waals surface area contributed by atoms with E-state index in [0.717, 1.165) is 41.0 Å². The molecule has 7 nitrogen and oxygen atoms in total. The smallest absolute Gasteiger partial charge is 0.263 e. The van der Waals surface area contributed by atoms with Crippen molar-refractivity contribution >= 4 is 56.5 Å². The zero-order valence-electron chi connectivity index (χ0n) is 18.9. The molecular formula is C24H26N4O3S2. The van der Waals surface area contributed by atoms with Gasteiger partial charge in [-0.2, -0.15) is 0 Å². The predicted molar refractivity (Wildman–Crippen MR) is 134 cm³/mol. The minimum atomic E-state index is -0.511. The van der Waals surface area contributed by atoms with Gasteiger partial charge >= 0.3 is 0 Å². The molecule has 0 radical (unpaired) electrons. The Labute approximate surface area is 200 Å². The highest BCUT2D eigenvalue weighted by molar-refractivity contribution is 8.00. The van der Waals surface area contributed by atoms with Gasteiger partial charge in [0.05, 0.1) is 22.0 Å². The number of rotatable bonds is 4. The van der Waals surface area contributed by atoms with Crippen molar-refractivity contribution in [3.05, 3.63) is 45.1 Å². The molecule has 1 saturated carbocycles. The van der Waals surface area contributed by atoms with E-state index in [1.807, 2.05) is 43.5 Å². The first kappa shape index (κ1) is 22.2. The fraction of sp³-hybridized carbons (Fsp3) is 0.417. The number of fused-ring (bicyclic) bond motifs is 2. The molecule has 172 valence electrons. The summed E-state index contributed by atoms with van der Waals surface area (Å²) in [5, 5.41) is 3.60. The fourth-order valence-corrected chi connectivity index (χ4v) is 6.82. The molecule has 1 aliphatic heterocycles. The van der Waals surface area contributed by atoms with Crippen LogP contribution >= 0.6 is 23.1 Å². The van der Waals surface area contributed by atoms with Crippen molar-refractivity contribution in [3.8, 4) is 0 Å². The first-order valence-corrected chi connectivity index (χ1v) is 12.9. The standard InChI is InChI=1S/C24H26N4O3S2/c1-13-14(2)32-21-20(13)23(31)28(16-8-4-5-9-16)24(26-21)33-15(3)22(30)27-12-19(29)25-17-10-6-7-11-18(17)27/h6-7,10-11,15-16H,4-5,8-9,12H2,1-3H3,(H,25,29). The van der Waals surface area contributed by atoms with E-state index < -0.39 is 5.25 Å². The number of thiophene rings is 1. The Morgan fingerprint density at radius 1 is 1.21 bits per heavy atom. The molecule has 3 heterocycles. The summed E-state index contributed by atoms with van der Waals surface area (Å²) in [6, 6.07) is 7.41. The quantitative estimate of drug-likeness (QED) is 0.432. The van der Waals surface area contributed by atoms with Crippen LogP contribution in [0.15, 0.2) is 34.2 Å². The number of nitrogens with one attached hydrogen (secondary N) is 1. The molecule has 1 unspecified atom stereocenters. The van der Waals surface area contributed by atoms with Crippen LogP contribution in [0.4, 0.5) is 11.4 Å². The molecule has 1 atom stereocenters. The number of hydrogen-bond acceptors (Lipinski definition) is 6. The lowest BCUT2D eigenvalue weighted by Crippen LogP contribution is -2.45. The first-order valence-electron chi connectivity index (χ1n) is 11.2. The van der Waals surface area contributed by atoms with Gasteiger partial charge in [0.1, 0.15) is 11.4 Å². The summed E-state index contributed by atoms with van der Waals surface area (Å²) in [4.78, 5) is 47.5. The van der Waals surface area contributed by atoms with Crippen LogP contribution < -0.4 is 15.8 Å². The van der Waals surface area contributed by atoms with Crippen LogP contribution in [0.5, 0.6) is 0 Å². The molecule has 2 aliphatic rings. The summed E-state index contributed by atoms with van der Waals surface area (Å²) in [5.74, 6) is -0.389. The molecule has 3 aromatic rings. The van der Waals surface area contributed by atoms with E-state index in [1.54, 1.807) is 6.07 Å². The van der Waals surface area contributed by atoms with E-state index in [9.17, 15) is 14.4 Å². The normalized spacial score (nSPS) is 17.3. The van der Waals surface area contributed by atoms with Gasteiger partial charge in [0.15, 0.2) is 5.16 Å². The zero-order valence-corrected chi connectivity index (χ0v) is 20.5. The lowest BCUT2D eigenvalue weighted by molar-refractivity contribution is -0.121. The van der Waals surface area contributed by atoms with Crippen LogP contribution in [0.3, 0.4) is 0 Å². The Balaban J connectivity index is 1.52. The number of nitrogens with zero attached hydrogens (tertiary/aromatic N) is 3. The monoisotopic (exact) mass is 482 g/mol. The summed E-state index contributed by atoms with van der Waals surface area (Å²) in [6.45, 7) is 5.79. The third-order valence-electron chi connectivity index (χ3n) is 6.56. The van der Waals surface area contributed by atoms with Crippen LogP contribution in [-0.2, 0) is 9.59 Å². The maximum Gasteiger partial charge on any atom is 0.263 e. The van der Waals surface area contributed by atoms with Crippen LogP contribution in [0.1, 0.15) is 49.1 Å². The largest absolute Gasteiger partial charge is 0.323 e. The van der Waals surface area contributed by atoms with Crippen molar-refractivity contribution in [2.45, 2.75) is 62.9 Å². The van der Waals surface area contributed by atoms with E-state index in [-0.39, 0.29) is 30.0 Å². The van der Waals surface area contributed by atoms with Gasteiger partial charge in [-0.05, 0) is 51.3 Å². The van der Waals surface area contributed by atoms with E-state index in [1.165, 1.54) is 28.0 Å². The van der Waals surface area contributed by atoms with Crippen LogP contribution in [0, 0.1) is 13.8 Å². The fourth-order valence-electron chi connectivity index (χ4n) is 4.71. The molecule has 5 rings (SSSR count). The second-order valence-corrected chi connectivity index (χ2v) is 11.2. The molecule has 0 bridgehead atoms. The molecule has 2 amide bonds. The lowest BCUT2D eigenvalue weighted by Gasteiger charge is -2.31. The highest BCUT2D eigenvalue weighted by Gasteiger charge is 2.32. The number of aromatic nitrogens is 2. The minimum absolute atomic E-state index is 0.00130. The Hall–Kier alpha value is -2.65. The SMILES string of the molecule is Cc1sc2nc(SC(C)C(=O)N3CC(=O)Nc4ccccc43)n(C3CCCC3)c(=O)c2c1C. The Morgan fingerprint density at radius 3 is 2.70 bits per heavy atom. The molecule has 1 N–H and O–H groups in total. The topological polar surface area (TPSA) is 84.3 Å². The van der Waals surface area contributed by atoms with E-state index in [2.05, 4.69) is 5.32 Å². The third kappa shape index (κ3) is 3.87. The average Bonchev–Trinajstić information content (AvgIpc) is 3.41. The molecule has 0 saturated heterocycles. The van der Waals surface area contributed by atoms with Gasteiger partial charge in [-0.25, -0.2) is 4.98 Å². The van der Waals surface area contributed by atoms with Gasteiger partial charge in [0.25, 0.3) is 5.56 Å². The van der Waals surface area contributed by atoms with Crippen molar-refractivity contribution < 1.29 is 9.59 Å². The number of carbonyl (C=O) groups excluding carboxylic acids is 2. The number of para-hydroxylation sites is 2. The highest BCUT2D eigenvalue weighted by Crippen LogP contribution is 2.37. The molecular weight excluding hydrogens is 456 g/mol. The maximum absolute atomic E-state index is 13.6. The van der Waals surface area contributed by atoms with Gasteiger partial charge in [-0.3, -0.25) is 23.9 Å². The molecule has 2 aromatic heterocycles. The van der Waals surface area contributed by atoms with Crippen molar-refractivity contribution in [1.82, 2.24) is 9.55 Å². The molecule has 1 aliphatic carbocycles. The molecule has 33 heavy (non-hydrogen) atoms. The van der Waals surface area contributed by atoms with E-state index in [4.69, 9.17) is 4.98 Å². The summed E-state index contributed by atoms with van der Waals surface area (Å²) in [5.41, 5.74) is 2.32. The average molecular weight is 483 g/mol. The Kier molecular flexibility index (Phi) is 5.78. The van der Waals surface area contributed by atoms with Gasteiger partial charge in [-0.1, -0.05) is 36.7 Å². The van der Waals surface area contributed by atoms with Crippen molar-refractivity contribution in [1.29, 1.82) is 0 Å². The maximum atomic E-state index is 13.6. The number of benzene rings is 1. The number of carbonyl (C=O) groups is 2. The molecule has 9 heteroatoms. The zero-order chi connectivity index (χ0) is 23.3. The second kappa shape index (κ2) is 8.61.